The molecule has 114 valence electrons. The van der Waals surface area contributed by atoms with E-state index in [9.17, 15) is 13.2 Å². The van der Waals surface area contributed by atoms with E-state index in [0.717, 1.165) is 17.9 Å². The van der Waals surface area contributed by atoms with Gasteiger partial charge in [0.1, 0.15) is 5.76 Å². The van der Waals surface area contributed by atoms with E-state index >= 15 is 0 Å². The van der Waals surface area contributed by atoms with Gasteiger partial charge in [0, 0.05) is 12.6 Å². The maximum Gasteiger partial charge on any atom is 0.194 e. The van der Waals surface area contributed by atoms with Gasteiger partial charge in [-0.3, -0.25) is 4.90 Å². The van der Waals surface area contributed by atoms with Crippen LogP contribution in [-0.4, -0.2) is 18.0 Å². The highest BCUT2D eigenvalue weighted by Crippen LogP contribution is 2.25. The number of nitrogens with two attached hydrogens (primary N) is 1. The molecule has 0 radical (unpaired) electrons. The first-order valence-corrected chi connectivity index (χ1v) is 6.67. The van der Waals surface area contributed by atoms with E-state index < -0.39 is 23.5 Å². The summed E-state index contributed by atoms with van der Waals surface area (Å²) in [5.74, 6) is -3.17. The minimum atomic E-state index is -1.47. The van der Waals surface area contributed by atoms with E-state index in [0.29, 0.717) is 18.7 Å². The summed E-state index contributed by atoms with van der Waals surface area (Å²) in [4.78, 5) is 1.91. The maximum atomic E-state index is 13.4. The molecule has 2 N–H and O–H groups in total. The highest BCUT2D eigenvalue weighted by molar-refractivity contribution is 5.23. The van der Waals surface area contributed by atoms with Crippen molar-refractivity contribution in [3.8, 4) is 0 Å². The topological polar surface area (TPSA) is 42.4 Å². The Labute approximate surface area is 121 Å². The van der Waals surface area contributed by atoms with Crippen LogP contribution in [0.3, 0.4) is 0 Å². The number of likely N-dealkylation sites (N-methyl/N-ethyl adjacent to an activating group) is 1. The van der Waals surface area contributed by atoms with Crippen LogP contribution in [0.5, 0.6) is 0 Å². The summed E-state index contributed by atoms with van der Waals surface area (Å²) in [5.41, 5.74) is 6.05. The first-order chi connectivity index (χ1) is 10.1. The second-order valence-corrected chi connectivity index (χ2v) is 4.69. The van der Waals surface area contributed by atoms with Gasteiger partial charge in [0.15, 0.2) is 17.5 Å². The molecule has 1 atom stereocenters. The maximum absolute atomic E-state index is 13.4. The molecule has 0 spiro atoms. The predicted octanol–water partition coefficient (Wildman–Crippen LogP) is 3.22. The third-order valence-electron chi connectivity index (χ3n) is 3.40. The first-order valence-electron chi connectivity index (χ1n) is 6.67. The smallest absolute Gasteiger partial charge is 0.194 e. The normalized spacial score (nSPS) is 12.9. The number of halogens is 3. The molecule has 0 aliphatic heterocycles. The molecule has 0 saturated heterocycles. The van der Waals surface area contributed by atoms with Crippen molar-refractivity contribution in [3.05, 3.63) is 59.3 Å². The molecular weight excluding hydrogens is 281 g/mol. The molecule has 0 saturated carbocycles. The van der Waals surface area contributed by atoms with Crippen LogP contribution in [0, 0.1) is 17.5 Å². The van der Waals surface area contributed by atoms with Crippen LogP contribution in [0.2, 0.25) is 0 Å². The Morgan fingerprint density at radius 1 is 1.24 bits per heavy atom. The van der Waals surface area contributed by atoms with E-state index in [1.807, 2.05) is 17.9 Å². The zero-order valence-corrected chi connectivity index (χ0v) is 11.7. The standard InChI is InChI=1S/C15H17F3N2O/c1-2-20(9-11-4-3-5-21-11)14(8-19)10-6-12(16)15(18)13(17)7-10/h3-7,14H,2,8-9,19H2,1H3. The predicted molar refractivity (Wildman–Crippen MR) is 72.9 cm³/mol. The highest BCUT2D eigenvalue weighted by atomic mass is 19.2. The van der Waals surface area contributed by atoms with Crippen molar-refractivity contribution in [1.82, 2.24) is 4.90 Å². The molecule has 1 aromatic heterocycles. The van der Waals surface area contributed by atoms with E-state index in [2.05, 4.69) is 0 Å². The molecule has 3 nitrogen and oxygen atoms in total. The SMILES string of the molecule is CCN(Cc1ccco1)C(CN)c1cc(F)c(F)c(F)c1. The van der Waals surface area contributed by atoms with Gasteiger partial charge in [-0.05, 0) is 36.4 Å². The Hall–Kier alpha value is -1.79. The van der Waals surface area contributed by atoms with Crippen LogP contribution in [0.15, 0.2) is 34.9 Å². The van der Waals surface area contributed by atoms with E-state index in [-0.39, 0.29) is 6.54 Å². The van der Waals surface area contributed by atoms with Gasteiger partial charge in [-0.25, -0.2) is 13.2 Å². The van der Waals surface area contributed by atoms with Gasteiger partial charge in [0.2, 0.25) is 0 Å². The van der Waals surface area contributed by atoms with Crippen LogP contribution in [0.1, 0.15) is 24.3 Å². The molecular formula is C15H17F3N2O. The van der Waals surface area contributed by atoms with Gasteiger partial charge in [0.25, 0.3) is 0 Å². The van der Waals surface area contributed by atoms with Gasteiger partial charge < -0.3 is 10.2 Å². The summed E-state index contributed by atoms with van der Waals surface area (Å²) >= 11 is 0. The summed E-state index contributed by atoms with van der Waals surface area (Å²) in [7, 11) is 0. The Balaban J connectivity index is 2.28. The fourth-order valence-corrected chi connectivity index (χ4v) is 2.31. The molecule has 0 bridgehead atoms. The summed E-state index contributed by atoms with van der Waals surface area (Å²) in [6.07, 6.45) is 1.55. The molecule has 6 heteroatoms. The van der Waals surface area contributed by atoms with Crippen LogP contribution in [0.4, 0.5) is 13.2 Å². The second-order valence-electron chi connectivity index (χ2n) is 4.69. The van der Waals surface area contributed by atoms with Crippen molar-refractivity contribution in [2.24, 2.45) is 5.73 Å². The average Bonchev–Trinajstić information content (AvgIpc) is 2.97. The molecule has 1 heterocycles. The van der Waals surface area contributed by atoms with E-state index in [1.165, 1.54) is 0 Å². The van der Waals surface area contributed by atoms with Gasteiger partial charge >= 0.3 is 0 Å². The lowest BCUT2D eigenvalue weighted by atomic mass is 10.0. The van der Waals surface area contributed by atoms with Crippen LogP contribution < -0.4 is 5.73 Å². The first kappa shape index (κ1) is 15.6. The Bertz CT molecular complexity index is 564. The third kappa shape index (κ3) is 3.46. The quantitative estimate of drug-likeness (QED) is 0.833. The Morgan fingerprint density at radius 3 is 2.38 bits per heavy atom. The molecule has 0 amide bonds. The van der Waals surface area contributed by atoms with Gasteiger partial charge in [-0.2, -0.15) is 0 Å². The summed E-state index contributed by atoms with van der Waals surface area (Å²) in [6.45, 7) is 3.11. The monoisotopic (exact) mass is 298 g/mol. The molecule has 2 rings (SSSR count). The summed E-state index contributed by atoms with van der Waals surface area (Å²) in [6, 6.07) is 5.12. The third-order valence-corrected chi connectivity index (χ3v) is 3.40. The fraction of sp³-hybridized carbons (Fsp3) is 0.333. The van der Waals surface area contributed by atoms with Gasteiger partial charge in [0.05, 0.1) is 12.8 Å². The van der Waals surface area contributed by atoms with Crippen molar-refractivity contribution in [3.63, 3.8) is 0 Å². The summed E-state index contributed by atoms with van der Waals surface area (Å²) < 4.78 is 45.1. The van der Waals surface area contributed by atoms with Crippen molar-refractivity contribution in [2.45, 2.75) is 19.5 Å². The molecule has 0 aliphatic carbocycles. The molecule has 0 aliphatic rings. The van der Waals surface area contributed by atoms with Crippen molar-refractivity contribution in [2.75, 3.05) is 13.1 Å². The minimum absolute atomic E-state index is 0.152. The number of rotatable bonds is 6. The lowest BCUT2D eigenvalue weighted by molar-refractivity contribution is 0.187. The largest absolute Gasteiger partial charge is 0.468 e. The number of benzene rings is 1. The van der Waals surface area contributed by atoms with Crippen LogP contribution in [-0.2, 0) is 6.54 Å². The lowest BCUT2D eigenvalue weighted by Gasteiger charge is -2.29. The minimum Gasteiger partial charge on any atom is -0.468 e. The van der Waals surface area contributed by atoms with E-state index in [4.69, 9.17) is 10.2 Å². The molecule has 1 unspecified atom stereocenters. The lowest BCUT2D eigenvalue weighted by Crippen LogP contribution is -2.33. The Kier molecular flexibility index (Phi) is 5.03. The molecule has 21 heavy (non-hydrogen) atoms. The molecule has 2 aromatic rings. The zero-order valence-electron chi connectivity index (χ0n) is 11.7. The number of hydrogen-bond donors (Lipinski definition) is 1. The number of hydrogen-bond acceptors (Lipinski definition) is 3. The van der Waals surface area contributed by atoms with Gasteiger partial charge in [-0.1, -0.05) is 6.92 Å². The van der Waals surface area contributed by atoms with Crippen molar-refractivity contribution >= 4 is 0 Å². The number of furan rings is 1. The summed E-state index contributed by atoms with van der Waals surface area (Å²) in [5, 5.41) is 0. The van der Waals surface area contributed by atoms with E-state index in [1.54, 1.807) is 12.3 Å². The van der Waals surface area contributed by atoms with Crippen LogP contribution >= 0.6 is 0 Å². The highest BCUT2D eigenvalue weighted by Gasteiger charge is 2.22. The number of nitrogens with zero attached hydrogens (tertiary/aromatic N) is 1. The van der Waals surface area contributed by atoms with Crippen molar-refractivity contribution in [1.29, 1.82) is 0 Å². The van der Waals surface area contributed by atoms with Crippen LogP contribution in [0.25, 0.3) is 0 Å². The second kappa shape index (κ2) is 6.78. The zero-order chi connectivity index (χ0) is 15.4. The van der Waals surface area contributed by atoms with Crippen molar-refractivity contribution < 1.29 is 17.6 Å². The average molecular weight is 298 g/mol. The Morgan fingerprint density at radius 2 is 1.90 bits per heavy atom. The molecule has 0 fully saturated rings. The fourth-order valence-electron chi connectivity index (χ4n) is 2.31. The molecule has 1 aromatic carbocycles. The van der Waals surface area contributed by atoms with Gasteiger partial charge in [-0.15, -0.1) is 0 Å².